The molecule has 0 fully saturated rings. The maximum absolute atomic E-state index is 12.3. The maximum Gasteiger partial charge on any atom is 0.338 e. The summed E-state index contributed by atoms with van der Waals surface area (Å²) in [6, 6.07) is 11.1. The van der Waals surface area contributed by atoms with Crippen LogP contribution in [0.3, 0.4) is 0 Å². The van der Waals surface area contributed by atoms with Crippen molar-refractivity contribution in [3.8, 4) is 0 Å². The highest BCUT2D eigenvalue weighted by atomic mass is 35.5. The second kappa shape index (κ2) is 8.87. The number of halogens is 1. The lowest BCUT2D eigenvalue weighted by molar-refractivity contribution is -0.116. The Morgan fingerprint density at radius 3 is 2.31 bits per heavy atom. The van der Waals surface area contributed by atoms with Crippen molar-refractivity contribution in [2.45, 2.75) is 19.8 Å². The summed E-state index contributed by atoms with van der Waals surface area (Å²) in [6.45, 7) is 2.10. The van der Waals surface area contributed by atoms with Crippen molar-refractivity contribution in [3.63, 3.8) is 0 Å². The highest BCUT2D eigenvalue weighted by Crippen LogP contribution is 2.25. The lowest BCUT2D eigenvalue weighted by Gasteiger charge is -2.13. The molecule has 1 aliphatic heterocycles. The quantitative estimate of drug-likeness (QED) is 0.552. The number of benzene rings is 2. The zero-order valence-corrected chi connectivity index (χ0v) is 16.5. The fourth-order valence-corrected chi connectivity index (χ4v) is 3.24. The van der Waals surface area contributed by atoms with Crippen LogP contribution in [-0.2, 0) is 9.53 Å². The molecule has 0 saturated heterocycles. The van der Waals surface area contributed by atoms with E-state index in [1.165, 1.54) is 18.2 Å². The molecule has 3 rings (SSSR count). The average molecular weight is 415 g/mol. The lowest BCUT2D eigenvalue weighted by atomic mass is 10.1. The van der Waals surface area contributed by atoms with Gasteiger partial charge < -0.3 is 10.1 Å². The van der Waals surface area contributed by atoms with Crippen LogP contribution in [-0.4, -0.2) is 41.7 Å². The first-order valence-corrected chi connectivity index (χ1v) is 9.52. The Bertz CT molecular complexity index is 954. The molecular formula is C21H19ClN2O5. The van der Waals surface area contributed by atoms with Gasteiger partial charge in [-0.05, 0) is 43.7 Å². The number of carbonyl (C=O) groups excluding carboxylic acids is 4. The number of hydrogen-bond acceptors (Lipinski definition) is 5. The van der Waals surface area contributed by atoms with Gasteiger partial charge in [0, 0.05) is 13.0 Å². The molecule has 2 aromatic rings. The zero-order valence-electron chi connectivity index (χ0n) is 15.7. The molecule has 1 aliphatic rings. The van der Waals surface area contributed by atoms with Crippen molar-refractivity contribution in [3.05, 3.63) is 64.2 Å². The number of hydrogen-bond donors (Lipinski definition) is 1. The molecule has 1 N–H and O–H groups in total. The number of amides is 3. The Hall–Kier alpha value is -3.19. The molecule has 29 heavy (non-hydrogen) atoms. The summed E-state index contributed by atoms with van der Waals surface area (Å²) in [6.07, 6.45) is 0.416. The smallest absolute Gasteiger partial charge is 0.338 e. The number of ether oxygens (including phenoxy) is 1. The molecule has 0 radical (unpaired) electrons. The Labute approximate surface area is 172 Å². The topological polar surface area (TPSA) is 92.8 Å². The van der Waals surface area contributed by atoms with E-state index in [0.717, 1.165) is 4.90 Å². The van der Waals surface area contributed by atoms with Crippen LogP contribution in [0.5, 0.6) is 0 Å². The highest BCUT2D eigenvalue weighted by molar-refractivity contribution is 6.34. The van der Waals surface area contributed by atoms with Crippen LogP contribution in [0.25, 0.3) is 0 Å². The van der Waals surface area contributed by atoms with Gasteiger partial charge in [0.2, 0.25) is 5.91 Å². The summed E-state index contributed by atoms with van der Waals surface area (Å²) in [4.78, 5) is 49.7. The summed E-state index contributed by atoms with van der Waals surface area (Å²) >= 11 is 6.13. The molecule has 0 bridgehead atoms. The first-order valence-electron chi connectivity index (χ1n) is 9.14. The Kier molecular flexibility index (Phi) is 6.29. The predicted molar refractivity (Wildman–Crippen MR) is 107 cm³/mol. The summed E-state index contributed by atoms with van der Waals surface area (Å²) in [5, 5.41) is 2.87. The fraction of sp³-hybridized carbons (Fsp3) is 0.238. The number of anilines is 1. The molecule has 1 heterocycles. The van der Waals surface area contributed by atoms with E-state index >= 15 is 0 Å². The van der Waals surface area contributed by atoms with E-state index in [0.29, 0.717) is 28.8 Å². The number of rotatable bonds is 7. The zero-order chi connectivity index (χ0) is 21.0. The molecule has 8 heteroatoms. The fourth-order valence-electron chi connectivity index (χ4n) is 3.01. The van der Waals surface area contributed by atoms with Gasteiger partial charge in [-0.1, -0.05) is 23.7 Å². The van der Waals surface area contributed by atoms with Crippen LogP contribution in [0.1, 0.15) is 50.8 Å². The van der Waals surface area contributed by atoms with E-state index in [4.69, 9.17) is 16.3 Å². The van der Waals surface area contributed by atoms with Gasteiger partial charge in [0.1, 0.15) is 0 Å². The van der Waals surface area contributed by atoms with E-state index in [1.54, 1.807) is 31.2 Å². The second-order valence-corrected chi connectivity index (χ2v) is 6.78. The normalized spacial score (nSPS) is 12.7. The van der Waals surface area contributed by atoms with Crippen LogP contribution < -0.4 is 5.32 Å². The van der Waals surface area contributed by atoms with Crippen molar-refractivity contribution in [1.82, 2.24) is 4.90 Å². The molecule has 7 nitrogen and oxygen atoms in total. The lowest BCUT2D eigenvalue weighted by Crippen LogP contribution is -2.31. The summed E-state index contributed by atoms with van der Waals surface area (Å²) in [7, 11) is 0. The minimum absolute atomic E-state index is 0.101. The first kappa shape index (κ1) is 20.5. The van der Waals surface area contributed by atoms with Gasteiger partial charge in [0.25, 0.3) is 11.8 Å². The van der Waals surface area contributed by atoms with E-state index in [9.17, 15) is 19.2 Å². The van der Waals surface area contributed by atoms with Gasteiger partial charge in [-0.3, -0.25) is 19.3 Å². The minimum atomic E-state index is -0.492. The number of fused-ring (bicyclic) bond motifs is 1. The largest absolute Gasteiger partial charge is 0.462 e. The van der Waals surface area contributed by atoms with Gasteiger partial charge in [-0.25, -0.2) is 4.79 Å². The first-order chi connectivity index (χ1) is 13.9. The van der Waals surface area contributed by atoms with Gasteiger partial charge in [-0.15, -0.1) is 0 Å². The van der Waals surface area contributed by atoms with Crippen LogP contribution in [0.2, 0.25) is 5.02 Å². The van der Waals surface area contributed by atoms with Crippen molar-refractivity contribution in [2.24, 2.45) is 0 Å². The van der Waals surface area contributed by atoms with E-state index in [2.05, 4.69) is 5.32 Å². The molecule has 0 unspecified atom stereocenters. The van der Waals surface area contributed by atoms with Gasteiger partial charge in [-0.2, -0.15) is 0 Å². The molecular weight excluding hydrogens is 396 g/mol. The molecule has 150 valence electrons. The molecule has 0 aliphatic carbocycles. The summed E-state index contributed by atoms with van der Waals surface area (Å²) in [5.74, 6) is -1.49. The van der Waals surface area contributed by atoms with Crippen molar-refractivity contribution < 1.29 is 23.9 Å². The maximum atomic E-state index is 12.3. The van der Waals surface area contributed by atoms with Gasteiger partial charge in [0.15, 0.2) is 0 Å². The number of imide groups is 1. The van der Waals surface area contributed by atoms with Crippen molar-refractivity contribution >= 4 is 41.0 Å². The second-order valence-electron chi connectivity index (χ2n) is 6.37. The summed E-state index contributed by atoms with van der Waals surface area (Å²) in [5.41, 5.74) is 1.43. The molecule has 0 aromatic heterocycles. The highest BCUT2D eigenvalue weighted by Gasteiger charge is 2.34. The Morgan fingerprint density at radius 2 is 1.72 bits per heavy atom. The molecule has 0 saturated carbocycles. The number of esters is 1. The standard InChI is InChI=1S/C21H19ClN2O5/c1-2-29-21(28)13-9-10-17(16(22)12-13)23-18(25)8-5-11-24-19(26)14-6-3-4-7-15(14)20(24)27/h3-4,6-7,9-10,12H,2,5,8,11H2,1H3,(H,23,25). The van der Waals surface area contributed by atoms with Crippen molar-refractivity contribution in [2.75, 3.05) is 18.5 Å². The van der Waals surface area contributed by atoms with E-state index in [1.807, 2.05) is 0 Å². The van der Waals surface area contributed by atoms with Crippen LogP contribution >= 0.6 is 11.6 Å². The third-order valence-electron chi connectivity index (χ3n) is 4.42. The predicted octanol–water partition coefficient (Wildman–Crippen LogP) is 3.53. The SMILES string of the molecule is CCOC(=O)c1ccc(NC(=O)CCCN2C(=O)c3ccccc3C2=O)c(Cl)c1. The van der Waals surface area contributed by atoms with Gasteiger partial charge in [0.05, 0.1) is 34.0 Å². The third kappa shape index (κ3) is 4.46. The van der Waals surface area contributed by atoms with Crippen LogP contribution in [0, 0.1) is 0 Å². The molecule has 3 amide bonds. The number of carbonyl (C=O) groups is 4. The molecule has 0 spiro atoms. The Balaban J connectivity index is 1.53. The third-order valence-corrected chi connectivity index (χ3v) is 4.73. The van der Waals surface area contributed by atoms with Crippen molar-refractivity contribution in [1.29, 1.82) is 0 Å². The number of nitrogens with one attached hydrogen (secondary N) is 1. The monoisotopic (exact) mass is 414 g/mol. The molecule has 2 aromatic carbocycles. The summed E-state index contributed by atoms with van der Waals surface area (Å²) < 4.78 is 4.90. The molecule has 0 atom stereocenters. The van der Waals surface area contributed by atoms with Crippen LogP contribution in [0.4, 0.5) is 5.69 Å². The minimum Gasteiger partial charge on any atom is -0.462 e. The average Bonchev–Trinajstić information content (AvgIpc) is 2.95. The van der Waals surface area contributed by atoms with E-state index < -0.39 is 5.97 Å². The van der Waals surface area contributed by atoms with E-state index in [-0.39, 0.29) is 42.3 Å². The Morgan fingerprint density at radius 1 is 1.07 bits per heavy atom. The van der Waals surface area contributed by atoms with Crippen LogP contribution in [0.15, 0.2) is 42.5 Å². The van der Waals surface area contributed by atoms with Gasteiger partial charge >= 0.3 is 5.97 Å². The number of nitrogens with zero attached hydrogens (tertiary/aromatic N) is 1.